The van der Waals surface area contributed by atoms with Crippen LogP contribution in [-0.4, -0.2) is 23.3 Å². The smallest absolute Gasteiger partial charge is 0.251 e. The van der Waals surface area contributed by atoms with Crippen LogP contribution in [0.1, 0.15) is 15.9 Å². The molecule has 0 aliphatic heterocycles. The number of amides is 1. The largest absolute Gasteiger partial charge is 0.496 e. The van der Waals surface area contributed by atoms with E-state index in [2.05, 4.69) is 20.3 Å². The molecule has 6 nitrogen and oxygen atoms in total. The molecule has 0 bridgehead atoms. The highest BCUT2D eigenvalue weighted by Crippen LogP contribution is 2.17. The van der Waals surface area contributed by atoms with Crippen molar-refractivity contribution in [2.24, 2.45) is 0 Å². The first-order valence-electron chi connectivity index (χ1n) is 6.40. The van der Waals surface area contributed by atoms with E-state index in [1.54, 1.807) is 25.3 Å². The number of hydrogen-bond acceptors (Lipinski definition) is 5. The van der Waals surface area contributed by atoms with E-state index in [0.717, 1.165) is 11.3 Å². The predicted octanol–water partition coefficient (Wildman–Crippen LogP) is 2.16. The van der Waals surface area contributed by atoms with Gasteiger partial charge in [0.15, 0.2) is 0 Å². The lowest BCUT2D eigenvalue weighted by Crippen LogP contribution is -2.23. The molecule has 3 rings (SSSR count). The second kappa shape index (κ2) is 5.62. The van der Waals surface area contributed by atoms with E-state index in [0.29, 0.717) is 23.1 Å². The molecular weight excluding hydrogens is 270 g/mol. The van der Waals surface area contributed by atoms with Crippen molar-refractivity contribution in [1.82, 2.24) is 15.6 Å². The predicted molar refractivity (Wildman–Crippen MR) is 76.0 cm³/mol. The van der Waals surface area contributed by atoms with Crippen LogP contribution in [0.5, 0.6) is 5.75 Å². The molecule has 0 fully saturated rings. The molecule has 0 aliphatic carbocycles. The van der Waals surface area contributed by atoms with Gasteiger partial charge in [0.25, 0.3) is 5.91 Å². The third-order valence-electron chi connectivity index (χ3n) is 3.15. The zero-order valence-electron chi connectivity index (χ0n) is 11.4. The number of hydrogen-bond donors (Lipinski definition) is 1. The van der Waals surface area contributed by atoms with E-state index in [4.69, 9.17) is 4.74 Å². The van der Waals surface area contributed by atoms with Crippen LogP contribution >= 0.6 is 0 Å². The Morgan fingerprint density at radius 1 is 1.19 bits per heavy atom. The van der Waals surface area contributed by atoms with Crippen molar-refractivity contribution in [3.63, 3.8) is 0 Å². The molecule has 1 N–H and O–H groups in total. The average molecular weight is 283 g/mol. The number of fused-ring (bicyclic) bond motifs is 1. The molecule has 0 saturated heterocycles. The second-order valence-corrected chi connectivity index (χ2v) is 4.46. The van der Waals surface area contributed by atoms with E-state index in [9.17, 15) is 4.79 Å². The normalized spacial score (nSPS) is 10.5. The van der Waals surface area contributed by atoms with Gasteiger partial charge in [0.2, 0.25) is 0 Å². The van der Waals surface area contributed by atoms with E-state index < -0.39 is 0 Å². The minimum absolute atomic E-state index is 0.189. The summed E-state index contributed by atoms with van der Waals surface area (Å²) in [4.78, 5) is 12.2. The molecule has 6 heteroatoms. The van der Waals surface area contributed by atoms with Crippen LogP contribution in [0.4, 0.5) is 0 Å². The third-order valence-corrected chi connectivity index (χ3v) is 3.15. The lowest BCUT2D eigenvalue weighted by atomic mass is 10.1. The number of nitrogens with one attached hydrogen (secondary N) is 1. The number of aromatic nitrogens is 2. The zero-order chi connectivity index (χ0) is 14.7. The summed E-state index contributed by atoms with van der Waals surface area (Å²) >= 11 is 0. The molecule has 21 heavy (non-hydrogen) atoms. The van der Waals surface area contributed by atoms with Crippen LogP contribution in [-0.2, 0) is 6.54 Å². The molecule has 1 amide bonds. The summed E-state index contributed by atoms with van der Waals surface area (Å²) in [5.74, 6) is 0.555. The van der Waals surface area contributed by atoms with E-state index in [-0.39, 0.29) is 5.91 Å². The number of para-hydroxylation sites is 1. The summed E-state index contributed by atoms with van der Waals surface area (Å²) in [6, 6.07) is 12.6. The van der Waals surface area contributed by atoms with Crippen LogP contribution in [0.15, 0.2) is 47.1 Å². The Balaban J connectivity index is 1.74. The van der Waals surface area contributed by atoms with Gasteiger partial charge < -0.3 is 10.1 Å². The van der Waals surface area contributed by atoms with Gasteiger partial charge in [-0.1, -0.05) is 18.2 Å². The highest BCUT2D eigenvalue weighted by atomic mass is 16.6. The second-order valence-electron chi connectivity index (χ2n) is 4.46. The SMILES string of the molecule is COc1ccccc1CNC(=O)c1ccc2nonc2c1. The van der Waals surface area contributed by atoms with Crippen molar-refractivity contribution in [2.45, 2.75) is 6.54 Å². The van der Waals surface area contributed by atoms with Gasteiger partial charge in [0, 0.05) is 17.7 Å². The first-order valence-corrected chi connectivity index (χ1v) is 6.40. The summed E-state index contributed by atoms with van der Waals surface area (Å²) in [5, 5.41) is 10.3. The highest BCUT2D eigenvalue weighted by molar-refractivity contribution is 5.97. The van der Waals surface area contributed by atoms with E-state index in [1.165, 1.54) is 0 Å². The molecule has 1 heterocycles. The van der Waals surface area contributed by atoms with Gasteiger partial charge in [-0.05, 0) is 34.6 Å². The lowest BCUT2D eigenvalue weighted by Gasteiger charge is -2.09. The van der Waals surface area contributed by atoms with Crippen molar-refractivity contribution in [2.75, 3.05) is 7.11 Å². The maximum atomic E-state index is 12.2. The summed E-state index contributed by atoms with van der Waals surface area (Å²) < 4.78 is 9.86. The van der Waals surface area contributed by atoms with Gasteiger partial charge in [0.05, 0.1) is 7.11 Å². The number of ether oxygens (including phenoxy) is 1. The standard InChI is InChI=1S/C15H13N3O3/c1-20-14-5-3-2-4-11(14)9-16-15(19)10-6-7-12-13(8-10)18-21-17-12/h2-8H,9H2,1H3,(H,16,19). The van der Waals surface area contributed by atoms with Gasteiger partial charge in [0.1, 0.15) is 16.8 Å². The zero-order valence-corrected chi connectivity index (χ0v) is 11.4. The fraction of sp³-hybridized carbons (Fsp3) is 0.133. The molecular formula is C15H13N3O3. The summed E-state index contributed by atoms with van der Waals surface area (Å²) in [5.41, 5.74) is 2.60. The molecule has 2 aromatic carbocycles. The van der Waals surface area contributed by atoms with Crippen molar-refractivity contribution in [1.29, 1.82) is 0 Å². The first-order chi connectivity index (χ1) is 10.3. The Labute approximate surface area is 120 Å². The lowest BCUT2D eigenvalue weighted by molar-refractivity contribution is 0.0951. The summed E-state index contributed by atoms with van der Waals surface area (Å²) in [6.45, 7) is 0.387. The minimum atomic E-state index is -0.189. The van der Waals surface area contributed by atoms with Crippen LogP contribution in [0.2, 0.25) is 0 Å². The first kappa shape index (κ1) is 13.1. The Morgan fingerprint density at radius 3 is 2.86 bits per heavy atom. The van der Waals surface area contributed by atoms with Gasteiger partial charge in [-0.3, -0.25) is 4.79 Å². The molecule has 0 saturated carbocycles. The monoisotopic (exact) mass is 283 g/mol. The molecule has 1 aromatic heterocycles. The Kier molecular flexibility index (Phi) is 3.51. The maximum Gasteiger partial charge on any atom is 0.251 e. The van der Waals surface area contributed by atoms with Crippen LogP contribution in [0.3, 0.4) is 0 Å². The van der Waals surface area contributed by atoms with Crippen LogP contribution in [0, 0.1) is 0 Å². The molecule has 0 aliphatic rings. The average Bonchev–Trinajstić information content (AvgIpc) is 3.00. The van der Waals surface area contributed by atoms with Crippen LogP contribution < -0.4 is 10.1 Å². The number of rotatable bonds is 4. The Hall–Kier alpha value is -2.89. The van der Waals surface area contributed by atoms with E-state index in [1.807, 2.05) is 24.3 Å². The van der Waals surface area contributed by atoms with Gasteiger partial charge in [-0.15, -0.1) is 0 Å². The van der Waals surface area contributed by atoms with Crippen molar-refractivity contribution in [3.05, 3.63) is 53.6 Å². The Bertz CT molecular complexity index is 782. The van der Waals surface area contributed by atoms with Crippen LogP contribution in [0.25, 0.3) is 11.0 Å². The summed E-state index contributed by atoms with van der Waals surface area (Å²) in [7, 11) is 1.60. The number of carbonyl (C=O) groups is 1. The minimum Gasteiger partial charge on any atom is -0.496 e. The summed E-state index contributed by atoms with van der Waals surface area (Å²) in [6.07, 6.45) is 0. The number of carbonyl (C=O) groups excluding carboxylic acids is 1. The quantitative estimate of drug-likeness (QED) is 0.794. The number of nitrogens with zero attached hydrogens (tertiary/aromatic N) is 2. The van der Waals surface area contributed by atoms with Crippen molar-refractivity contribution < 1.29 is 14.2 Å². The van der Waals surface area contributed by atoms with Crippen molar-refractivity contribution >= 4 is 16.9 Å². The Morgan fingerprint density at radius 2 is 2.00 bits per heavy atom. The molecule has 0 unspecified atom stereocenters. The molecule has 3 aromatic rings. The highest BCUT2D eigenvalue weighted by Gasteiger charge is 2.09. The van der Waals surface area contributed by atoms with Gasteiger partial charge >= 0.3 is 0 Å². The molecule has 0 spiro atoms. The topological polar surface area (TPSA) is 77.2 Å². The van der Waals surface area contributed by atoms with Gasteiger partial charge in [-0.2, -0.15) is 0 Å². The van der Waals surface area contributed by atoms with Crippen molar-refractivity contribution in [3.8, 4) is 5.75 Å². The number of benzene rings is 2. The third kappa shape index (κ3) is 2.69. The molecule has 106 valence electrons. The maximum absolute atomic E-state index is 12.2. The fourth-order valence-corrected chi connectivity index (χ4v) is 2.05. The van der Waals surface area contributed by atoms with Gasteiger partial charge in [-0.25, -0.2) is 4.63 Å². The number of methoxy groups -OCH3 is 1. The molecule has 0 radical (unpaired) electrons. The fourth-order valence-electron chi connectivity index (χ4n) is 2.05. The molecule has 0 atom stereocenters. The van der Waals surface area contributed by atoms with E-state index >= 15 is 0 Å².